The minimum Gasteiger partial charge on any atom is -0.274 e. The van der Waals surface area contributed by atoms with Gasteiger partial charge in [-0.3, -0.25) is 9.59 Å². The van der Waals surface area contributed by atoms with Crippen molar-refractivity contribution in [2.45, 2.75) is 13.8 Å². The van der Waals surface area contributed by atoms with Crippen LogP contribution in [0.25, 0.3) is 0 Å². The molecule has 0 N–H and O–H groups in total. The zero-order chi connectivity index (χ0) is 15.6. The van der Waals surface area contributed by atoms with Crippen molar-refractivity contribution >= 4 is 40.1 Å². The van der Waals surface area contributed by atoms with Crippen LogP contribution in [0.3, 0.4) is 0 Å². The number of amides is 2. The van der Waals surface area contributed by atoms with Gasteiger partial charge in [0.15, 0.2) is 0 Å². The lowest BCUT2D eigenvalue weighted by molar-refractivity contribution is -0.122. The molecule has 4 rings (SSSR count). The molecule has 4 atom stereocenters. The Labute approximate surface area is 143 Å². The molecule has 1 saturated carbocycles. The fraction of sp³-hybridized carbons (Fsp3) is 0.333. The SMILES string of the molecule is CC(C)=C1[C@H]2C=C[C@H]1[C@H]1C(=O)N(c3ccc(I)cc3)C(=O)[C@@H]12. The summed E-state index contributed by atoms with van der Waals surface area (Å²) in [4.78, 5) is 27.2. The van der Waals surface area contributed by atoms with E-state index in [4.69, 9.17) is 0 Å². The number of anilines is 1. The maximum atomic E-state index is 12.9. The Bertz CT molecular complexity index is 709. The van der Waals surface area contributed by atoms with Gasteiger partial charge in [0.25, 0.3) is 0 Å². The fourth-order valence-corrected chi connectivity index (χ4v) is 4.63. The molecule has 2 bridgehead atoms. The molecule has 4 heteroatoms. The van der Waals surface area contributed by atoms with Crippen molar-refractivity contribution in [3.63, 3.8) is 0 Å². The summed E-state index contributed by atoms with van der Waals surface area (Å²) in [6, 6.07) is 7.57. The van der Waals surface area contributed by atoms with Gasteiger partial charge in [0, 0.05) is 15.4 Å². The minimum atomic E-state index is -0.202. The van der Waals surface area contributed by atoms with Crippen molar-refractivity contribution < 1.29 is 9.59 Å². The van der Waals surface area contributed by atoms with Crippen molar-refractivity contribution in [3.05, 3.63) is 51.1 Å². The van der Waals surface area contributed by atoms with Gasteiger partial charge in [-0.15, -0.1) is 0 Å². The molecule has 0 aromatic heterocycles. The standard InChI is InChI=1S/C18H16INO2/c1-9(2)14-12-7-8-13(14)16-15(12)17(21)20(18(16)22)11-5-3-10(19)4-6-11/h3-8,12-13,15-16H,1-2H3/t12-,13-,15-,16-/m1/s1. The highest BCUT2D eigenvalue weighted by Gasteiger charge is 2.61. The molecule has 1 heterocycles. The van der Waals surface area contributed by atoms with Gasteiger partial charge in [-0.1, -0.05) is 23.3 Å². The van der Waals surface area contributed by atoms with Crippen molar-refractivity contribution in [1.82, 2.24) is 0 Å². The molecule has 1 aromatic rings. The molecule has 112 valence electrons. The van der Waals surface area contributed by atoms with E-state index in [1.807, 2.05) is 24.3 Å². The summed E-state index contributed by atoms with van der Waals surface area (Å²) in [6.07, 6.45) is 4.24. The van der Waals surface area contributed by atoms with Crippen LogP contribution in [0.4, 0.5) is 5.69 Å². The lowest BCUT2D eigenvalue weighted by atomic mass is 9.85. The van der Waals surface area contributed by atoms with E-state index < -0.39 is 0 Å². The molecule has 1 aromatic carbocycles. The number of nitrogens with zero attached hydrogens (tertiary/aromatic N) is 1. The molecule has 2 amide bonds. The van der Waals surface area contributed by atoms with E-state index in [-0.39, 0.29) is 35.5 Å². The first-order chi connectivity index (χ1) is 10.5. The summed E-state index contributed by atoms with van der Waals surface area (Å²) in [7, 11) is 0. The smallest absolute Gasteiger partial charge is 0.238 e. The van der Waals surface area contributed by atoms with Gasteiger partial charge in [0.05, 0.1) is 17.5 Å². The number of hydrogen-bond acceptors (Lipinski definition) is 2. The number of hydrogen-bond donors (Lipinski definition) is 0. The lowest BCUT2D eigenvalue weighted by Gasteiger charge is -2.19. The van der Waals surface area contributed by atoms with E-state index >= 15 is 0 Å². The maximum Gasteiger partial charge on any atom is 0.238 e. The van der Waals surface area contributed by atoms with E-state index in [2.05, 4.69) is 48.6 Å². The largest absolute Gasteiger partial charge is 0.274 e. The van der Waals surface area contributed by atoms with E-state index in [1.165, 1.54) is 16.0 Å². The van der Waals surface area contributed by atoms with Crippen molar-refractivity contribution in [3.8, 4) is 0 Å². The monoisotopic (exact) mass is 405 g/mol. The molecular formula is C18H16INO2. The van der Waals surface area contributed by atoms with E-state index in [1.54, 1.807) is 0 Å². The van der Waals surface area contributed by atoms with Crippen molar-refractivity contribution in [2.24, 2.45) is 23.7 Å². The molecule has 0 spiro atoms. The minimum absolute atomic E-state index is 0.0354. The Balaban J connectivity index is 1.76. The highest BCUT2D eigenvalue weighted by atomic mass is 127. The second kappa shape index (κ2) is 4.78. The normalized spacial score (nSPS) is 32.1. The third-order valence-corrected chi connectivity index (χ3v) is 5.80. The quantitative estimate of drug-likeness (QED) is 0.407. The Kier molecular flexibility index (Phi) is 3.08. The number of allylic oxidation sites excluding steroid dienone is 4. The lowest BCUT2D eigenvalue weighted by Crippen LogP contribution is -2.33. The van der Waals surface area contributed by atoms with Crippen LogP contribution in [0.1, 0.15) is 13.8 Å². The molecule has 1 aliphatic heterocycles. The van der Waals surface area contributed by atoms with Crippen LogP contribution in [-0.4, -0.2) is 11.8 Å². The van der Waals surface area contributed by atoms with Crippen LogP contribution in [0.2, 0.25) is 0 Å². The highest BCUT2D eigenvalue weighted by molar-refractivity contribution is 14.1. The topological polar surface area (TPSA) is 37.4 Å². The summed E-state index contributed by atoms with van der Waals surface area (Å²) >= 11 is 2.22. The molecule has 2 fully saturated rings. The first kappa shape index (κ1) is 14.2. The predicted molar refractivity (Wildman–Crippen MR) is 93.1 cm³/mol. The van der Waals surface area contributed by atoms with Crippen molar-refractivity contribution in [2.75, 3.05) is 4.90 Å². The molecule has 0 radical (unpaired) electrons. The zero-order valence-electron chi connectivity index (χ0n) is 12.4. The van der Waals surface area contributed by atoms with Crippen molar-refractivity contribution in [1.29, 1.82) is 0 Å². The summed E-state index contributed by atoms with van der Waals surface area (Å²) in [5.41, 5.74) is 3.23. The van der Waals surface area contributed by atoms with Gasteiger partial charge in [0.2, 0.25) is 11.8 Å². The van der Waals surface area contributed by atoms with Gasteiger partial charge in [0.1, 0.15) is 0 Å². The molecule has 0 unspecified atom stereocenters. The Hall–Kier alpha value is -1.43. The van der Waals surface area contributed by atoms with E-state index in [0.29, 0.717) is 5.69 Å². The predicted octanol–water partition coefficient (Wildman–Crippen LogP) is 3.55. The van der Waals surface area contributed by atoms with Crippen LogP contribution in [0.5, 0.6) is 0 Å². The van der Waals surface area contributed by atoms with Gasteiger partial charge >= 0.3 is 0 Å². The van der Waals surface area contributed by atoms with Gasteiger partial charge in [-0.05, 0) is 60.7 Å². The molecule has 22 heavy (non-hydrogen) atoms. The van der Waals surface area contributed by atoms with Crippen LogP contribution in [0, 0.1) is 27.2 Å². The molecule has 1 saturated heterocycles. The highest BCUT2D eigenvalue weighted by Crippen LogP contribution is 2.57. The Morgan fingerprint density at radius 3 is 1.91 bits per heavy atom. The third-order valence-electron chi connectivity index (χ3n) is 5.08. The number of carbonyl (C=O) groups excluding carboxylic acids is 2. The second-order valence-corrected chi connectivity index (χ2v) is 7.68. The number of imide groups is 1. The summed E-state index contributed by atoms with van der Waals surface area (Å²) in [5.74, 6) is -0.243. The third kappa shape index (κ3) is 1.73. The first-order valence-electron chi connectivity index (χ1n) is 7.49. The van der Waals surface area contributed by atoms with Crippen LogP contribution >= 0.6 is 22.6 Å². The molecular weight excluding hydrogens is 389 g/mol. The van der Waals surface area contributed by atoms with Gasteiger partial charge in [-0.25, -0.2) is 4.90 Å². The molecule has 3 aliphatic rings. The number of halogens is 1. The fourth-order valence-electron chi connectivity index (χ4n) is 4.27. The average molecular weight is 405 g/mol. The second-order valence-electron chi connectivity index (χ2n) is 6.43. The van der Waals surface area contributed by atoms with Crippen LogP contribution in [-0.2, 0) is 9.59 Å². The average Bonchev–Trinajstić information content (AvgIpc) is 3.11. The zero-order valence-corrected chi connectivity index (χ0v) is 14.6. The number of carbonyl (C=O) groups is 2. The summed E-state index contributed by atoms with van der Waals surface area (Å²) in [5, 5.41) is 0. The Morgan fingerprint density at radius 2 is 1.45 bits per heavy atom. The van der Waals surface area contributed by atoms with Gasteiger partial charge in [-0.2, -0.15) is 0 Å². The number of fused-ring (bicyclic) bond motifs is 5. The van der Waals surface area contributed by atoms with Gasteiger partial charge < -0.3 is 0 Å². The van der Waals surface area contributed by atoms with E-state index in [0.717, 1.165) is 3.57 Å². The number of benzene rings is 1. The van der Waals surface area contributed by atoms with Crippen LogP contribution < -0.4 is 4.90 Å². The van der Waals surface area contributed by atoms with E-state index in [9.17, 15) is 9.59 Å². The number of rotatable bonds is 1. The van der Waals surface area contributed by atoms with Crippen LogP contribution in [0.15, 0.2) is 47.6 Å². The Morgan fingerprint density at radius 1 is 0.955 bits per heavy atom. The maximum absolute atomic E-state index is 12.9. The molecule has 2 aliphatic carbocycles. The molecule has 3 nitrogen and oxygen atoms in total. The summed E-state index contributed by atoms with van der Waals surface area (Å²) in [6.45, 7) is 4.16. The first-order valence-corrected chi connectivity index (χ1v) is 8.57. The summed E-state index contributed by atoms with van der Waals surface area (Å²) < 4.78 is 1.09.